The summed E-state index contributed by atoms with van der Waals surface area (Å²) in [5.41, 5.74) is 3.52. The van der Waals surface area contributed by atoms with Crippen LogP contribution in [0.25, 0.3) is 0 Å². The maximum absolute atomic E-state index is 13.4. The van der Waals surface area contributed by atoms with Gasteiger partial charge in [0.15, 0.2) is 0 Å². The van der Waals surface area contributed by atoms with E-state index in [1.54, 1.807) is 19.1 Å². The first-order valence-electron chi connectivity index (χ1n) is 8.04. The molecule has 1 aliphatic carbocycles. The molecule has 1 aromatic heterocycles. The predicted molar refractivity (Wildman–Crippen MR) is 94.8 cm³/mol. The van der Waals surface area contributed by atoms with E-state index in [-0.39, 0.29) is 10.7 Å². The number of nitrogens with zero attached hydrogens (tertiary/aromatic N) is 1. The van der Waals surface area contributed by atoms with Gasteiger partial charge in [-0.05, 0) is 48.6 Å². The molecule has 1 heterocycles. The summed E-state index contributed by atoms with van der Waals surface area (Å²) >= 11 is 1.23. The molecule has 126 valence electrons. The normalized spacial score (nSPS) is 15.1. The number of hydrogen-bond donors (Lipinski definition) is 1. The number of benzene rings is 2. The SMILES string of the molecule is Cc1nc(C2(c3ccc(F)cc3)Cc3ccccc3C2)sc1C(=O)O. The molecule has 0 saturated carbocycles. The average molecular weight is 353 g/mol. The Morgan fingerprint density at radius 3 is 2.24 bits per heavy atom. The maximum Gasteiger partial charge on any atom is 0.347 e. The standard InChI is InChI=1S/C20H16FNO2S/c1-12-17(18(23)24)25-19(22-12)20(15-6-8-16(21)9-7-15)10-13-4-2-3-5-14(13)11-20/h2-9H,10-11H2,1H3,(H,23,24). The summed E-state index contributed by atoms with van der Waals surface area (Å²) < 4.78 is 13.4. The minimum absolute atomic E-state index is 0.271. The van der Waals surface area contributed by atoms with E-state index in [1.807, 2.05) is 12.1 Å². The molecule has 5 heteroatoms. The molecular formula is C20H16FNO2S. The summed E-state index contributed by atoms with van der Waals surface area (Å²) in [6.07, 6.45) is 1.47. The van der Waals surface area contributed by atoms with Crippen molar-refractivity contribution >= 4 is 17.3 Å². The van der Waals surface area contributed by atoms with E-state index in [0.29, 0.717) is 5.69 Å². The van der Waals surface area contributed by atoms with Gasteiger partial charge < -0.3 is 5.11 Å². The summed E-state index contributed by atoms with van der Waals surface area (Å²) in [6.45, 7) is 1.73. The summed E-state index contributed by atoms with van der Waals surface area (Å²) in [5.74, 6) is -1.23. The van der Waals surface area contributed by atoms with Crippen molar-refractivity contribution < 1.29 is 14.3 Å². The molecule has 25 heavy (non-hydrogen) atoms. The molecule has 1 N–H and O–H groups in total. The first-order valence-corrected chi connectivity index (χ1v) is 8.85. The van der Waals surface area contributed by atoms with Crippen molar-refractivity contribution in [2.24, 2.45) is 0 Å². The quantitative estimate of drug-likeness (QED) is 0.760. The van der Waals surface area contributed by atoms with Crippen molar-refractivity contribution in [3.8, 4) is 0 Å². The van der Waals surface area contributed by atoms with Gasteiger partial charge in [-0.2, -0.15) is 0 Å². The summed E-state index contributed by atoms with van der Waals surface area (Å²) in [5, 5.41) is 10.2. The third-order valence-electron chi connectivity index (χ3n) is 4.90. The van der Waals surface area contributed by atoms with Crippen LogP contribution in [0.3, 0.4) is 0 Å². The second-order valence-corrected chi connectivity index (χ2v) is 7.45. The first kappa shape index (κ1) is 16.0. The minimum atomic E-state index is -0.953. The summed E-state index contributed by atoms with van der Waals surface area (Å²) in [7, 11) is 0. The summed E-state index contributed by atoms with van der Waals surface area (Å²) in [4.78, 5) is 16.4. The molecule has 0 radical (unpaired) electrons. The molecule has 0 saturated heterocycles. The Labute approximate surface area is 148 Å². The molecule has 1 aliphatic rings. The second kappa shape index (κ2) is 5.77. The number of thiazole rings is 1. The van der Waals surface area contributed by atoms with Crippen molar-refractivity contribution in [1.82, 2.24) is 4.98 Å². The van der Waals surface area contributed by atoms with Gasteiger partial charge >= 0.3 is 5.97 Å². The first-order chi connectivity index (χ1) is 12.0. The van der Waals surface area contributed by atoms with Gasteiger partial charge in [0.1, 0.15) is 15.7 Å². The number of fused-ring (bicyclic) bond motifs is 1. The van der Waals surface area contributed by atoms with Gasteiger partial charge in [0.2, 0.25) is 0 Å². The van der Waals surface area contributed by atoms with E-state index in [1.165, 1.54) is 34.6 Å². The molecule has 0 bridgehead atoms. The summed E-state index contributed by atoms with van der Waals surface area (Å²) in [6, 6.07) is 14.7. The van der Waals surface area contributed by atoms with Crippen LogP contribution in [0.1, 0.15) is 37.1 Å². The smallest absolute Gasteiger partial charge is 0.347 e. The molecule has 0 amide bonds. The Morgan fingerprint density at radius 1 is 1.12 bits per heavy atom. The van der Waals surface area contributed by atoms with E-state index < -0.39 is 11.4 Å². The number of rotatable bonds is 3. The molecule has 0 spiro atoms. The molecule has 2 aromatic carbocycles. The van der Waals surface area contributed by atoms with Crippen LogP contribution < -0.4 is 0 Å². The van der Waals surface area contributed by atoms with Gasteiger partial charge in [0, 0.05) is 0 Å². The largest absolute Gasteiger partial charge is 0.477 e. The Bertz CT molecular complexity index is 937. The van der Waals surface area contributed by atoms with E-state index in [4.69, 9.17) is 0 Å². The van der Waals surface area contributed by atoms with E-state index in [9.17, 15) is 14.3 Å². The van der Waals surface area contributed by atoms with Gasteiger partial charge in [-0.3, -0.25) is 0 Å². The van der Waals surface area contributed by atoms with Gasteiger partial charge in [-0.1, -0.05) is 36.4 Å². The van der Waals surface area contributed by atoms with Crippen LogP contribution in [-0.2, 0) is 18.3 Å². The third kappa shape index (κ3) is 2.55. The number of aromatic carboxylic acids is 1. The fraction of sp³-hybridized carbons (Fsp3) is 0.200. The third-order valence-corrected chi connectivity index (χ3v) is 6.25. The van der Waals surface area contributed by atoms with Crippen LogP contribution in [-0.4, -0.2) is 16.1 Å². The van der Waals surface area contributed by atoms with E-state index in [0.717, 1.165) is 23.4 Å². The van der Waals surface area contributed by atoms with Crippen molar-refractivity contribution in [3.63, 3.8) is 0 Å². The molecule has 0 atom stereocenters. The van der Waals surface area contributed by atoms with Gasteiger partial charge in [0.25, 0.3) is 0 Å². The van der Waals surface area contributed by atoms with Crippen LogP contribution in [0.5, 0.6) is 0 Å². The van der Waals surface area contributed by atoms with Crippen LogP contribution in [0, 0.1) is 12.7 Å². The highest BCUT2D eigenvalue weighted by atomic mass is 32.1. The van der Waals surface area contributed by atoms with Crippen molar-refractivity contribution in [2.75, 3.05) is 0 Å². The Morgan fingerprint density at radius 2 is 1.72 bits per heavy atom. The Hall–Kier alpha value is -2.53. The molecule has 3 nitrogen and oxygen atoms in total. The topological polar surface area (TPSA) is 50.2 Å². The van der Waals surface area contributed by atoms with Crippen molar-refractivity contribution in [3.05, 3.63) is 86.6 Å². The van der Waals surface area contributed by atoms with Crippen molar-refractivity contribution in [2.45, 2.75) is 25.2 Å². The molecule has 0 unspecified atom stereocenters. The highest BCUT2D eigenvalue weighted by Gasteiger charge is 2.43. The van der Waals surface area contributed by atoms with Crippen LogP contribution in [0.4, 0.5) is 4.39 Å². The number of carboxylic acids is 1. The highest BCUT2D eigenvalue weighted by molar-refractivity contribution is 7.13. The molecular weight excluding hydrogens is 337 g/mol. The fourth-order valence-corrected chi connectivity index (χ4v) is 4.78. The number of aromatic nitrogens is 1. The number of carboxylic acid groups (broad SMARTS) is 1. The number of halogens is 1. The predicted octanol–water partition coefficient (Wildman–Crippen LogP) is 4.37. The van der Waals surface area contributed by atoms with Crippen LogP contribution in [0.15, 0.2) is 48.5 Å². The lowest BCUT2D eigenvalue weighted by atomic mass is 9.78. The van der Waals surface area contributed by atoms with Crippen LogP contribution >= 0.6 is 11.3 Å². The lowest BCUT2D eigenvalue weighted by molar-refractivity contribution is 0.0701. The highest BCUT2D eigenvalue weighted by Crippen LogP contribution is 2.46. The lowest BCUT2D eigenvalue weighted by Gasteiger charge is -2.27. The average Bonchev–Trinajstić information content (AvgIpc) is 3.17. The van der Waals surface area contributed by atoms with Gasteiger partial charge in [-0.15, -0.1) is 11.3 Å². The number of aryl methyl sites for hydroxylation is 1. The van der Waals surface area contributed by atoms with E-state index in [2.05, 4.69) is 17.1 Å². The maximum atomic E-state index is 13.4. The Balaban J connectivity index is 1.90. The van der Waals surface area contributed by atoms with Crippen LogP contribution in [0.2, 0.25) is 0 Å². The molecule has 3 aromatic rings. The van der Waals surface area contributed by atoms with Gasteiger partial charge in [-0.25, -0.2) is 14.2 Å². The number of hydrogen-bond acceptors (Lipinski definition) is 3. The zero-order valence-electron chi connectivity index (χ0n) is 13.6. The van der Waals surface area contributed by atoms with Crippen molar-refractivity contribution in [1.29, 1.82) is 0 Å². The Kier molecular flexibility index (Phi) is 3.69. The number of carbonyl (C=O) groups is 1. The zero-order valence-corrected chi connectivity index (χ0v) is 14.4. The molecule has 4 rings (SSSR count). The molecule has 0 fully saturated rings. The lowest BCUT2D eigenvalue weighted by Crippen LogP contribution is -2.28. The fourth-order valence-electron chi connectivity index (χ4n) is 3.66. The second-order valence-electron chi connectivity index (χ2n) is 6.45. The minimum Gasteiger partial charge on any atom is -0.477 e. The van der Waals surface area contributed by atoms with E-state index >= 15 is 0 Å². The monoisotopic (exact) mass is 353 g/mol. The zero-order chi connectivity index (χ0) is 17.6. The molecule has 0 aliphatic heterocycles. The van der Waals surface area contributed by atoms with Gasteiger partial charge in [0.05, 0.1) is 11.1 Å².